The molecule has 1 aliphatic carbocycles. The molecule has 0 bridgehead atoms. The van der Waals surface area contributed by atoms with Crippen molar-refractivity contribution in [1.82, 2.24) is 15.1 Å². The van der Waals surface area contributed by atoms with Gasteiger partial charge in [-0.3, -0.25) is 4.98 Å². The first-order valence-electron chi connectivity index (χ1n) is 6.17. The van der Waals surface area contributed by atoms with Crippen LogP contribution < -0.4 is 0 Å². The van der Waals surface area contributed by atoms with Crippen LogP contribution in [0.3, 0.4) is 0 Å². The van der Waals surface area contributed by atoms with Crippen molar-refractivity contribution in [2.75, 3.05) is 0 Å². The van der Waals surface area contributed by atoms with Crippen molar-refractivity contribution in [3.05, 3.63) is 30.4 Å². The van der Waals surface area contributed by atoms with E-state index in [9.17, 15) is 0 Å². The molecule has 1 saturated carbocycles. The van der Waals surface area contributed by atoms with E-state index in [1.54, 1.807) is 12.4 Å². The van der Waals surface area contributed by atoms with Crippen LogP contribution >= 0.6 is 0 Å². The van der Waals surface area contributed by atoms with Gasteiger partial charge in [-0.1, -0.05) is 24.4 Å². The van der Waals surface area contributed by atoms with Gasteiger partial charge in [-0.15, -0.1) is 0 Å². The van der Waals surface area contributed by atoms with Crippen molar-refractivity contribution in [2.45, 2.75) is 38.0 Å². The van der Waals surface area contributed by atoms with Crippen molar-refractivity contribution >= 4 is 0 Å². The van der Waals surface area contributed by atoms with Gasteiger partial charge in [-0.2, -0.15) is 4.98 Å². The molecule has 4 heteroatoms. The number of hydrogen-bond donors (Lipinski definition) is 0. The standard InChI is InChI=1S/C13H15N3O/c1-2-4-10(5-3-1)12-15-13(17-16-12)11-6-8-14-9-7-11/h6-10H,1-5H2. The molecule has 0 saturated heterocycles. The van der Waals surface area contributed by atoms with Gasteiger partial charge in [0.1, 0.15) is 0 Å². The third-order valence-electron chi connectivity index (χ3n) is 3.34. The second kappa shape index (κ2) is 4.65. The van der Waals surface area contributed by atoms with Crippen LogP contribution in [0.4, 0.5) is 0 Å². The Morgan fingerprint density at radius 1 is 1.06 bits per heavy atom. The summed E-state index contributed by atoms with van der Waals surface area (Å²) in [5.41, 5.74) is 0.939. The van der Waals surface area contributed by atoms with Gasteiger partial charge in [0.05, 0.1) is 0 Å². The van der Waals surface area contributed by atoms with Gasteiger partial charge in [0.15, 0.2) is 5.82 Å². The van der Waals surface area contributed by atoms with E-state index in [1.165, 1.54) is 32.1 Å². The Kier molecular flexibility index (Phi) is 2.86. The van der Waals surface area contributed by atoms with Crippen LogP contribution in [-0.4, -0.2) is 15.1 Å². The fourth-order valence-electron chi connectivity index (χ4n) is 2.37. The highest BCUT2D eigenvalue weighted by molar-refractivity contribution is 5.51. The van der Waals surface area contributed by atoms with Crippen LogP contribution in [0.1, 0.15) is 43.8 Å². The molecular weight excluding hydrogens is 214 g/mol. The van der Waals surface area contributed by atoms with E-state index >= 15 is 0 Å². The van der Waals surface area contributed by atoms with E-state index in [1.807, 2.05) is 12.1 Å². The lowest BCUT2D eigenvalue weighted by Crippen LogP contribution is -2.06. The topological polar surface area (TPSA) is 51.8 Å². The van der Waals surface area contributed by atoms with E-state index < -0.39 is 0 Å². The zero-order valence-corrected chi connectivity index (χ0v) is 9.67. The fraction of sp³-hybridized carbons (Fsp3) is 0.462. The molecule has 0 radical (unpaired) electrons. The predicted octanol–water partition coefficient (Wildman–Crippen LogP) is 3.18. The number of pyridine rings is 1. The Hall–Kier alpha value is -1.71. The van der Waals surface area contributed by atoms with E-state index in [-0.39, 0.29) is 0 Å². The number of hydrogen-bond acceptors (Lipinski definition) is 4. The third-order valence-corrected chi connectivity index (χ3v) is 3.34. The normalized spacial score (nSPS) is 17.2. The van der Waals surface area contributed by atoms with E-state index in [2.05, 4.69) is 15.1 Å². The predicted molar refractivity (Wildman–Crippen MR) is 63.4 cm³/mol. The van der Waals surface area contributed by atoms with Crippen LogP contribution in [0.5, 0.6) is 0 Å². The third kappa shape index (κ3) is 2.20. The average Bonchev–Trinajstić information content (AvgIpc) is 2.90. The Morgan fingerprint density at radius 2 is 1.82 bits per heavy atom. The molecule has 88 valence electrons. The Bertz CT molecular complexity index is 474. The summed E-state index contributed by atoms with van der Waals surface area (Å²) in [5, 5.41) is 4.11. The maximum absolute atomic E-state index is 5.32. The van der Waals surface area contributed by atoms with Gasteiger partial charge in [0, 0.05) is 23.9 Å². The van der Waals surface area contributed by atoms with Gasteiger partial charge >= 0.3 is 0 Å². The van der Waals surface area contributed by atoms with Crippen molar-refractivity contribution in [3.8, 4) is 11.5 Å². The van der Waals surface area contributed by atoms with Gasteiger partial charge in [-0.25, -0.2) is 0 Å². The van der Waals surface area contributed by atoms with Crippen LogP contribution in [0.15, 0.2) is 29.0 Å². The van der Waals surface area contributed by atoms with Gasteiger partial charge < -0.3 is 4.52 Å². The van der Waals surface area contributed by atoms with Gasteiger partial charge in [0.2, 0.25) is 0 Å². The largest absolute Gasteiger partial charge is 0.334 e. The fourth-order valence-corrected chi connectivity index (χ4v) is 2.37. The zero-order valence-electron chi connectivity index (χ0n) is 9.67. The summed E-state index contributed by atoms with van der Waals surface area (Å²) in [6, 6.07) is 3.77. The molecule has 0 spiro atoms. The van der Waals surface area contributed by atoms with Crippen LogP contribution in [-0.2, 0) is 0 Å². The van der Waals surface area contributed by atoms with Crippen molar-refractivity contribution in [3.63, 3.8) is 0 Å². The lowest BCUT2D eigenvalue weighted by molar-refractivity contribution is 0.385. The summed E-state index contributed by atoms with van der Waals surface area (Å²) in [5.74, 6) is 1.97. The van der Waals surface area contributed by atoms with E-state index in [0.717, 1.165) is 11.4 Å². The molecule has 4 nitrogen and oxygen atoms in total. The van der Waals surface area contributed by atoms with Gasteiger partial charge in [0.25, 0.3) is 5.89 Å². The van der Waals surface area contributed by atoms with Gasteiger partial charge in [-0.05, 0) is 25.0 Å². The molecule has 2 heterocycles. The summed E-state index contributed by atoms with van der Waals surface area (Å²) in [6.45, 7) is 0. The highest BCUT2D eigenvalue weighted by atomic mass is 16.5. The van der Waals surface area contributed by atoms with Crippen LogP contribution in [0.2, 0.25) is 0 Å². The summed E-state index contributed by atoms with van der Waals surface area (Å²) in [6.07, 6.45) is 9.75. The molecule has 0 amide bonds. The zero-order chi connectivity index (χ0) is 11.5. The van der Waals surface area contributed by atoms with E-state index in [0.29, 0.717) is 11.8 Å². The summed E-state index contributed by atoms with van der Waals surface area (Å²) in [4.78, 5) is 8.48. The molecule has 0 aromatic carbocycles. The molecule has 2 aromatic heterocycles. The molecular formula is C13H15N3O. The molecule has 2 aromatic rings. The molecule has 1 aliphatic rings. The van der Waals surface area contributed by atoms with Crippen LogP contribution in [0, 0.1) is 0 Å². The molecule has 17 heavy (non-hydrogen) atoms. The number of nitrogens with zero attached hydrogens (tertiary/aromatic N) is 3. The maximum Gasteiger partial charge on any atom is 0.258 e. The lowest BCUT2D eigenvalue weighted by Gasteiger charge is -2.17. The number of aromatic nitrogens is 3. The Balaban J connectivity index is 1.83. The highest BCUT2D eigenvalue weighted by Crippen LogP contribution is 2.31. The minimum absolute atomic E-state index is 0.489. The SMILES string of the molecule is c1cc(-c2nc(C3CCCCC3)no2)ccn1. The molecule has 0 unspecified atom stereocenters. The maximum atomic E-state index is 5.32. The molecule has 0 atom stereocenters. The first-order valence-corrected chi connectivity index (χ1v) is 6.17. The summed E-state index contributed by atoms with van der Waals surface area (Å²) in [7, 11) is 0. The Labute approximate surface area is 100 Å². The molecule has 3 rings (SSSR count). The summed E-state index contributed by atoms with van der Waals surface area (Å²) < 4.78 is 5.32. The quantitative estimate of drug-likeness (QED) is 0.793. The first kappa shape index (κ1) is 10.4. The van der Waals surface area contributed by atoms with E-state index in [4.69, 9.17) is 4.52 Å². The summed E-state index contributed by atoms with van der Waals surface area (Å²) >= 11 is 0. The molecule has 1 fully saturated rings. The van der Waals surface area contributed by atoms with Crippen LogP contribution in [0.25, 0.3) is 11.5 Å². The average molecular weight is 229 g/mol. The second-order valence-electron chi connectivity index (χ2n) is 4.53. The van der Waals surface area contributed by atoms with Crippen molar-refractivity contribution in [2.24, 2.45) is 0 Å². The minimum Gasteiger partial charge on any atom is -0.334 e. The highest BCUT2D eigenvalue weighted by Gasteiger charge is 2.21. The monoisotopic (exact) mass is 229 g/mol. The van der Waals surface area contributed by atoms with Crippen molar-refractivity contribution in [1.29, 1.82) is 0 Å². The second-order valence-corrected chi connectivity index (χ2v) is 4.53. The smallest absolute Gasteiger partial charge is 0.258 e. The minimum atomic E-state index is 0.489. The first-order chi connectivity index (χ1) is 8.43. The molecule has 0 aliphatic heterocycles. The molecule has 0 N–H and O–H groups in total. The number of rotatable bonds is 2. The Morgan fingerprint density at radius 3 is 2.59 bits per heavy atom. The lowest BCUT2D eigenvalue weighted by atomic mass is 9.89. The van der Waals surface area contributed by atoms with Crippen molar-refractivity contribution < 1.29 is 4.52 Å².